The van der Waals surface area contributed by atoms with Crippen LogP contribution in [0.1, 0.15) is 12.6 Å². The summed E-state index contributed by atoms with van der Waals surface area (Å²) in [5.41, 5.74) is 0.590. The van der Waals surface area contributed by atoms with E-state index in [4.69, 9.17) is 11.6 Å². The minimum Gasteiger partial charge on any atom is -0.279 e. The lowest BCUT2D eigenvalue weighted by atomic mass is 10.3. The molecule has 0 aliphatic rings. The molecule has 2 rings (SSSR count). The molecule has 1 N–H and O–H groups in total. The van der Waals surface area contributed by atoms with Crippen molar-refractivity contribution < 1.29 is 12.8 Å². The van der Waals surface area contributed by atoms with Gasteiger partial charge in [-0.05, 0) is 32.0 Å². The fourth-order valence-electron chi connectivity index (χ4n) is 1.70. The van der Waals surface area contributed by atoms with E-state index < -0.39 is 15.8 Å². The Kier molecular flexibility index (Phi) is 4.01. The maximum absolute atomic E-state index is 13.0. The van der Waals surface area contributed by atoms with Gasteiger partial charge in [0, 0.05) is 12.7 Å². The van der Waals surface area contributed by atoms with Crippen LogP contribution in [0.5, 0.6) is 0 Å². The number of nitrogens with zero attached hydrogens (tertiary/aromatic N) is 2. The molecule has 0 aliphatic heterocycles. The van der Waals surface area contributed by atoms with Crippen LogP contribution >= 0.6 is 11.6 Å². The Labute approximate surface area is 121 Å². The highest BCUT2D eigenvalue weighted by atomic mass is 35.5. The molecular weight excluding hydrogens is 305 g/mol. The molecule has 0 unspecified atom stereocenters. The Hall–Kier alpha value is -1.60. The van der Waals surface area contributed by atoms with Gasteiger partial charge in [0.25, 0.3) is 10.0 Å². The van der Waals surface area contributed by atoms with Gasteiger partial charge in [0.15, 0.2) is 0 Å². The van der Waals surface area contributed by atoms with E-state index in [1.807, 2.05) is 6.92 Å². The Morgan fingerprint density at radius 1 is 1.45 bits per heavy atom. The van der Waals surface area contributed by atoms with Gasteiger partial charge in [0.2, 0.25) is 0 Å². The number of rotatable bonds is 4. The Morgan fingerprint density at radius 3 is 2.70 bits per heavy atom. The zero-order valence-corrected chi connectivity index (χ0v) is 12.5. The summed E-state index contributed by atoms with van der Waals surface area (Å²) < 4.78 is 41.4. The van der Waals surface area contributed by atoms with E-state index in [9.17, 15) is 12.8 Å². The van der Waals surface area contributed by atoms with Crippen molar-refractivity contribution >= 4 is 27.3 Å². The second-order valence-electron chi connectivity index (χ2n) is 4.17. The summed E-state index contributed by atoms with van der Waals surface area (Å²) in [4.78, 5) is 0.0831. The molecule has 0 spiro atoms. The maximum Gasteiger partial charge on any atom is 0.265 e. The topological polar surface area (TPSA) is 64.0 Å². The van der Waals surface area contributed by atoms with Gasteiger partial charge in [0.1, 0.15) is 10.7 Å². The van der Waals surface area contributed by atoms with Crippen molar-refractivity contribution in [1.29, 1.82) is 0 Å². The van der Waals surface area contributed by atoms with Gasteiger partial charge in [-0.15, -0.1) is 0 Å². The fourth-order valence-corrected chi connectivity index (χ4v) is 3.11. The van der Waals surface area contributed by atoms with Crippen LogP contribution in [0.15, 0.2) is 29.3 Å². The zero-order chi connectivity index (χ0) is 14.9. The van der Waals surface area contributed by atoms with Gasteiger partial charge in [-0.25, -0.2) is 12.8 Å². The monoisotopic (exact) mass is 317 g/mol. The molecule has 2 aromatic rings. The van der Waals surface area contributed by atoms with E-state index in [0.29, 0.717) is 12.2 Å². The number of nitrogens with one attached hydrogen (secondary N) is 1. The fraction of sp³-hybridized carbons (Fsp3) is 0.250. The molecule has 1 aromatic carbocycles. The predicted octanol–water partition coefficient (Wildman–Crippen LogP) is 2.80. The van der Waals surface area contributed by atoms with Gasteiger partial charge >= 0.3 is 0 Å². The van der Waals surface area contributed by atoms with Gasteiger partial charge < -0.3 is 0 Å². The molecule has 108 valence electrons. The number of hydrogen-bond donors (Lipinski definition) is 1. The third kappa shape index (κ3) is 2.94. The second kappa shape index (κ2) is 5.41. The number of aromatic nitrogens is 2. The minimum absolute atomic E-state index is 0.0831. The molecule has 0 saturated heterocycles. The molecule has 5 nitrogen and oxygen atoms in total. The first-order chi connectivity index (χ1) is 9.33. The quantitative estimate of drug-likeness (QED) is 0.943. The van der Waals surface area contributed by atoms with Crippen molar-refractivity contribution in [1.82, 2.24) is 9.78 Å². The molecule has 0 atom stereocenters. The number of anilines is 1. The summed E-state index contributed by atoms with van der Waals surface area (Å²) in [6, 6.07) is 3.62. The van der Waals surface area contributed by atoms with Gasteiger partial charge in [-0.1, -0.05) is 11.6 Å². The third-order valence-corrected chi connectivity index (χ3v) is 4.46. The average molecular weight is 318 g/mol. The summed E-state index contributed by atoms with van der Waals surface area (Å²) in [5.74, 6) is -0.607. The SMILES string of the molecule is CCn1cc(S(=O)(=O)Nc2ccc(F)c(Cl)c2)c(C)n1. The lowest BCUT2D eigenvalue weighted by molar-refractivity contribution is 0.600. The van der Waals surface area contributed by atoms with Crippen LogP contribution in [0, 0.1) is 12.7 Å². The van der Waals surface area contributed by atoms with Crippen LogP contribution in [0.2, 0.25) is 5.02 Å². The first-order valence-corrected chi connectivity index (χ1v) is 7.71. The highest BCUT2D eigenvalue weighted by molar-refractivity contribution is 7.92. The molecule has 0 radical (unpaired) electrons. The van der Waals surface area contributed by atoms with Crippen LogP contribution in [0.3, 0.4) is 0 Å². The van der Waals surface area contributed by atoms with E-state index in [1.54, 1.807) is 6.92 Å². The van der Waals surface area contributed by atoms with Gasteiger partial charge in [-0.3, -0.25) is 9.40 Å². The van der Waals surface area contributed by atoms with Crippen molar-refractivity contribution in [2.45, 2.75) is 25.3 Å². The molecule has 20 heavy (non-hydrogen) atoms. The highest BCUT2D eigenvalue weighted by Crippen LogP contribution is 2.23. The summed E-state index contributed by atoms with van der Waals surface area (Å²) in [5, 5.41) is 3.93. The molecule has 1 heterocycles. The Morgan fingerprint density at radius 2 is 2.15 bits per heavy atom. The number of hydrogen-bond acceptors (Lipinski definition) is 3. The number of aryl methyl sites for hydroxylation is 2. The molecule has 0 saturated carbocycles. The predicted molar refractivity (Wildman–Crippen MR) is 74.9 cm³/mol. The summed E-state index contributed by atoms with van der Waals surface area (Å²) >= 11 is 5.62. The maximum atomic E-state index is 13.0. The normalized spacial score (nSPS) is 11.6. The average Bonchev–Trinajstić information content (AvgIpc) is 2.76. The lowest BCUT2D eigenvalue weighted by Gasteiger charge is -2.07. The standard InChI is InChI=1S/C12H13ClFN3O2S/c1-3-17-7-12(8(2)15-17)20(18,19)16-9-4-5-11(14)10(13)6-9/h4-7,16H,3H2,1-2H3. The third-order valence-electron chi connectivity index (χ3n) is 2.69. The molecule has 0 amide bonds. The first kappa shape index (κ1) is 14.8. The second-order valence-corrected chi connectivity index (χ2v) is 6.23. The van der Waals surface area contributed by atoms with Crippen LogP contribution in [0.4, 0.5) is 10.1 Å². The van der Waals surface area contributed by atoms with E-state index in [0.717, 1.165) is 6.07 Å². The van der Waals surface area contributed by atoms with Crippen LogP contribution in [-0.2, 0) is 16.6 Å². The number of benzene rings is 1. The van der Waals surface area contributed by atoms with Gasteiger partial charge in [-0.2, -0.15) is 5.10 Å². The smallest absolute Gasteiger partial charge is 0.265 e. The number of sulfonamides is 1. The molecule has 0 aliphatic carbocycles. The number of halogens is 2. The van der Waals surface area contributed by atoms with Crippen molar-refractivity contribution in [3.8, 4) is 0 Å². The minimum atomic E-state index is -3.78. The highest BCUT2D eigenvalue weighted by Gasteiger charge is 2.20. The van der Waals surface area contributed by atoms with E-state index >= 15 is 0 Å². The summed E-state index contributed by atoms with van der Waals surface area (Å²) in [6.07, 6.45) is 1.45. The van der Waals surface area contributed by atoms with Crippen LogP contribution in [-0.4, -0.2) is 18.2 Å². The summed E-state index contributed by atoms with van der Waals surface area (Å²) in [6.45, 7) is 4.03. The molecular formula is C12H13ClFN3O2S. The Bertz CT molecular complexity index is 743. The molecule has 0 fully saturated rings. The largest absolute Gasteiger partial charge is 0.279 e. The van der Waals surface area contributed by atoms with Crippen molar-refractivity contribution in [2.75, 3.05) is 4.72 Å². The summed E-state index contributed by atoms with van der Waals surface area (Å²) in [7, 11) is -3.78. The van der Waals surface area contributed by atoms with Crippen molar-refractivity contribution in [3.63, 3.8) is 0 Å². The van der Waals surface area contributed by atoms with Gasteiger partial charge in [0.05, 0.1) is 16.4 Å². The molecule has 0 bridgehead atoms. The van der Waals surface area contributed by atoms with Crippen LogP contribution < -0.4 is 4.72 Å². The van der Waals surface area contributed by atoms with E-state index in [1.165, 1.54) is 23.0 Å². The first-order valence-electron chi connectivity index (χ1n) is 5.85. The van der Waals surface area contributed by atoms with E-state index in [2.05, 4.69) is 9.82 Å². The van der Waals surface area contributed by atoms with Crippen LogP contribution in [0.25, 0.3) is 0 Å². The molecule has 8 heteroatoms. The molecule has 1 aromatic heterocycles. The Balaban J connectivity index is 2.35. The zero-order valence-electron chi connectivity index (χ0n) is 10.9. The van der Waals surface area contributed by atoms with Crippen molar-refractivity contribution in [2.24, 2.45) is 0 Å². The van der Waals surface area contributed by atoms with Crippen molar-refractivity contribution in [3.05, 3.63) is 40.9 Å². The van der Waals surface area contributed by atoms with E-state index in [-0.39, 0.29) is 15.6 Å². The lowest BCUT2D eigenvalue weighted by Crippen LogP contribution is -2.13.